The predicted octanol–water partition coefficient (Wildman–Crippen LogP) is 2.98. The number of piperazine rings is 1. The van der Waals surface area contributed by atoms with Gasteiger partial charge in [0.15, 0.2) is 0 Å². The van der Waals surface area contributed by atoms with E-state index in [-0.39, 0.29) is 0 Å². The summed E-state index contributed by atoms with van der Waals surface area (Å²) in [5.41, 5.74) is 7.60. The molecule has 4 unspecified atom stereocenters. The molecule has 154 valence electrons. The average Bonchev–Trinajstić information content (AvgIpc) is 2.73. The Morgan fingerprint density at radius 1 is 0.889 bits per heavy atom. The van der Waals surface area contributed by atoms with Crippen LogP contribution in [0, 0.1) is 23.7 Å². The van der Waals surface area contributed by atoms with Gasteiger partial charge in [0.1, 0.15) is 0 Å². The Kier molecular flexibility index (Phi) is 6.40. The van der Waals surface area contributed by atoms with Gasteiger partial charge in [0.25, 0.3) is 0 Å². The van der Waals surface area contributed by atoms with E-state index in [0.717, 1.165) is 49.9 Å². The second-order valence-electron chi connectivity index (χ2n) is 9.66. The summed E-state index contributed by atoms with van der Waals surface area (Å²) in [7, 11) is 0. The minimum Gasteiger partial charge on any atom is -0.340 e. The molecule has 2 heterocycles. The molecule has 0 radical (unpaired) electrons. The van der Waals surface area contributed by atoms with Crippen molar-refractivity contribution in [1.29, 1.82) is 0 Å². The molecule has 1 amide bonds. The molecule has 2 N–H and O–H groups in total. The van der Waals surface area contributed by atoms with Crippen molar-refractivity contribution in [2.24, 2.45) is 23.7 Å². The van der Waals surface area contributed by atoms with Crippen LogP contribution in [-0.2, 0) is 4.79 Å². The Bertz CT molecular complexity index is 497. The fourth-order valence-electron chi connectivity index (χ4n) is 6.37. The van der Waals surface area contributed by atoms with Crippen LogP contribution >= 0.6 is 0 Å². The van der Waals surface area contributed by atoms with E-state index in [0.29, 0.717) is 24.5 Å². The summed E-state index contributed by atoms with van der Waals surface area (Å²) in [5.74, 6) is 3.71. The highest BCUT2D eigenvalue weighted by Gasteiger charge is 2.45. The van der Waals surface area contributed by atoms with Gasteiger partial charge in [-0.05, 0) is 49.4 Å². The lowest BCUT2D eigenvalue weighted by Gasteiger charge is -2.53. The summed E-state index contributed by atoms with van der Waals surface area (Å²) >= 11 is 0. The summed E-state index contributed by atoms with van der Waals surface area (Å²) < 4.78 is 0. The lowest BCUT2D eigenvalue weighted by Crippen LogP contribution is -2.69. The van der Waals surface area contributed by atoms with Crippen molar-refractivity contribution in [1.82, 2.24) is 20.7 Å². The van der Waals surface area contributed by atoms with Crippen molar-refractivity contribution >= 4 is 5.91 Å². The average molecular weight is 377 g/mol. The number of hydrazine groups is 1. The maximum absolute atomic E-state index is 12.0. The van der Waals surface area contributed by atoms with Crippen molar-refractivity contribution in [2.45, 2.75) is 83.8 Å². The quantitative estimate of drug-likeness (QED) is 0.795. The zero-order chi connectivity index (χ0) is 18.8. The van der Waals surface area contributed by atoms with Gasteiger partial charge in [0.2, 0.25) is 5.91 Å². The third-order valence-corrected chi connectivity index (χ3v) is 8.07. The Balaban J connectivity index is 1.39. The third kappa shape index (κ3) is 4.20. The highest BCUT2D eigenvalue weighted by Crippen LogP contribution is 2.43. The maximum atomic E-state index is 12.0. The van der Waals surface area contributed by atoms with E-state index >= 15 is 0 Å². The van der Waals surface area contributed by atoms with Gasteiger partial charge < -0.3 is 4.90 Å². The van der Waals surface area contributed by atoms with Crippen molar-refractivity contribution in [3.8, 4) is 0 Å². The molecule has 2 aliphatic carbocycles. The Hall–Kier alpha value is -0.650. The molecule has 5 heteroatoms. The molecular formula is C22H40N4O. The molecule has 0 bridgehead atoms. The standard InChI is InChI=1S/C22H40N4O/c1-3-20(27)25-12-14-26(15-13-25)22-19-7-5-4-6-18(19)21(23-24-22)17-10-8-16(2)9-11-17/h16-19,21-24H,3-15H2,1-2H3. The molecule has 4 aliphatic rings. The van der Waals surface area contributed by atoms with Gasteiger partial charge in [-0.3, -0.25) is 15.1 Å². The Morgan fingerprint density at radius 2 is 1.56 bits per heavy atom. The monoisotopic (exact) mass is 376 g/mol. The first-order chi connectivity index (χ1) is 13.2. The number of carbonyl (C=O) groups is 1. The summed E-state index contributed by atoms with van der Waals surface area (Å²) in [5, 5.41) is 0. The molecule has 4 rings (SSSR count). The van der Waals surface area contributed by atoms with Crippen molar-refractivity contribution in [3.05, 3.63) is 0 Å². The molecule has 0 spiro atoms. The highest BCUT2D eigenvalue weighted by molar-refractivity contribution is 5.75. The largest absolute Gasteiger partial charge is 0.340 e. The number of carbonyl (C=O) groups excluding carboxylic acids is 1. The Labute approximate surface area is 165 Å². The highest BCUT2D eigenvalue weighted by atomic mass is 16.2. The number of rotatable bonds is 3. The molecule has 0 aromatic rings. The van der Waals surface area contributed by atoms with Crippen LogP contribution in [0.5, 0.6) is 0 Å². The van der Waals surface area contributed by atoms with Crippen LogP contribution in [0.1, 0.15) is 71.6 Å². The van der Waals surface area contributed by atoms with E-state index in [1.54, 1.807) is 0 Å². The molecule has 2 saturated heterocycles. The topological polar surface area (TPSA) is 47.6 Å². The summed E-state index contributed by atoms with van der Waals surface area (Å²) in [6, 6.07) is 0.669. The smallest absolute Gasteiger partial charge is 0.222 e. The van der Waals surface area contributed by atoms with E-state index < -0.39 is 0 Å². The van der Waals surface area contributed by atoms with Gasteiger partial charge in [-0.15, -0.1) is 0 Å². The normalized spacial score (nSPS) is 41.2. The summed E-state index contributed by atoms with van der Waals surface area (Å²) in [6.45, 7) is 8.21. The molecule has 27 heavy (non-hydrogen) atoms. The zero-order valence-electron chi connectivity index (χ0n) is 17.5. The lowest BCUT2D eigenvalue weighted by molar-refractivity contribution is -0.134. The molecular weight excluding hydrogens is 336 g/mol. The van der Waals surface area contributed by atoms with Crippen LogP contribution in [0.4, 0.5) is 0 Å². The van der Waals surface area contributed by atoms with Gasteiger partial charge >= 0.3 is 0 Å². The van der Waals surface area contributed by atoms with Gasteiger partial charge in [-0.2, -0.15) is 0 Å². The fraction of sp³-hybridized carbons (Fsp3) is 0.955. The second-order valence-corrected chi connectivity index (χ2v) is 9.66. The molecule has 0 aromatic heterocycles. The second kappa shape index (κ2) is 8.79. The van der Waals surface area contributed by atoms with Crippen LogP contribution in [0.15, 0.2) is 0 Å². The van der Waals surface area contributed by atoms with E-state index in [4.69, 9.17) is 0 Å². The molecule has 2 aliphatic heterocycles. The van der Waals surface area contributed by atoms with Crippen LogP contribution < -0.4 is 10.9 Å². The van der Waals surface area contributed by atoms with Crippen molar-refractivity contribution < 1.29 is 4.79 Å². The molecule has 0 aromatic carbocycles. The van der Waals surface area contributed by atoms with Crippen LogP contribution in [0.3, 0.4) is 0 Å². The van der Waals surface area contributed by atoms with Gasteiger partial charge in [0, 0.05) is 38.6 Å². The first-order valence-electron chi connectivity index (χ1n) is 11.7. The first-order valence-corrected chi connectivity index (χ1v) is 11.7. The van der Waals surface area contributed by atoms with Crippen molar-refractivity contribution in [3.63, 3.8) is 0 Å². The molecule has 5 nitrogen and oxygen atoms in total. The maximum Gasteiger partial charge on any atom is 0.222 e. The minimum absolute atomic E-state index is 0.312. The number of nitrogens with one attached hydrogen (secondary N) is 2. The number of fused-ring (bicyclic) bond motifs is 1. The zero-order valence-corrected chi connectivity index (χ0v) is 17.5. The molecule has 4 fully saturated rings. The fourth-order valence-corrected chi connectivity index (χ4v) is 6.37. The van der Waals surface area contributed by atoms with Crippen LogP contribution in [-0.4, -0.2) is 54.1 Å². The summed E-state index contributed by atoms with van der Waals surface area (Å²) in [4.78, 5) is 16.7. The number of hydrogen-bond acceptors (Lipinski definition) is 4. The number of nitrogens with zero attached hydrogens (tertiary/aromatic N) is 2. The van der Waals surface area contributed by atoms with Crippen LogP contribution in [0.2, 0.25) is 0 Å². The predicted molar refractivity (Wildman–Crippen MR) is 109 cm³/mol. The van der Waals surface area contributed by atoms with Crippen LogP contribution in [0.25, 0.3) is 0 Å². The van der Waals surface area contributed by atoms with E-state index in [9.17, 15) is 4.79 Å². The molecule has 2 saturated carbocycles. The minimum atomic E-state index is 0.312. The first kappa shape index (κ1) is 19.7. The molecule has 4 atom stereocenters. The number of hydrogen-bond donors (Lipinski definition) is 2. The SMILES string of the molecule is CCC(=O)N1CCN(C2NNC(C3CCC(C)CC3)C3CCCCC32)CC1. The van der Waals surface area contributed by atoms with Gasteiger partial charge in [0.05, 0.1) is 6.17 Å². The van der Waals surface area contributed by atoms with E-state index in [1.165, 1.54) is 51.4 Å². The van der Waals surface area contributed by atoms with Gasteiger partial charge in [-0.25, -0.2) is 5.43 Å². The Morgan fingerprint density at radius 3 is 2.22 bits per heavy atom. The summed E-state index contributed by atoms with van der Waals surface area (Å²) in [6.07, 6.45) is 12.3. The van der Waals surface area contributed by atoms with Gasteiger partial charge in [-0.1, -0.05) is 39.5 Å². The number of amides is 1. The third-order valence-electron chi connectivity index (χ3n) is 8.07. The lowest BCUT2D eigenvalue weighted by atomic mass is 9.66. The van der Waals surface area contributed by atoms with E-state index in [2.05, 4.69) is 27.6 Å². The van der Waals surface area contributed by atoms with E-state index in [1.807, 2.05) is 6.92 Å². The van der Waals surface area contributed by atoms with Crippen molar-refractivity contribution in [2.75, 3.05) is 26.2 Å².